The third-order valence-corrected chi connectivity index (χ3v) is 3.14. The Bertz CT molecular complexity index is 490. The zero-order valence-electron chi connectivity index (χ0n) is 12.0. The van der Waals surface area contributed by atoms with Crippen LogP contribution in [0.4, 0.5) is 10.5 Å². The number of hydrogen-bond donors (Lipinski definition) is 3. The Kier molecular flexibility index (Phi) is 4.61. The largest absolute Gasteiger partial charge is 0.354 e. The van der Waals surface area contributed by atoms with Gasteiger partial charge in [-0.15, -0.1) is 0 Å². The van der Waals surface area contributed by atoms with Gasteiger partial charge in [0.05, 0.1) is 0 Å². The maximum atomic E-state index is 11.7. The molecule has 3 N–H and O–H groups in total. The Morgan fingerprint density at radius 3 is 2.25 bits per heavy atom. The predicted octanol–water partition coefficient (Wildman–Crippen LogP) is 1.95. The summed E-state index contributed by atoms with van der Waals surface area (Å²) >= 11 is 0. The van der Waals surface area contributed by atoms with E-state index in [2.05, 4.69) is 22.0 Å². The summed E-state index contributed by atoms with van der Waals surface area (Å²) in [5, 5.41) is 8.30. The standard InChI is InChI=1S/C15H21N3O2/c1-10-7-11(2)9-13(8-10)18-15(20)17-6-5-16-14(19)12-3-4-12/h7-9,12H,3-6H2,1-2H3,(H,16,19)(H2,17,18,20). The van der Waals surface area contributed by atoms with Crippen LogP contribution in [0.5, 0.6) is 0 Å². The normalized spacial score (nSPS) is 13.7. The molecule has 1 aromatic rings. The van der Waals surface area contributed by atoms with Crippen LogP contribution in [-0.4, -0.2) is 25.0 Å². The van der Waals surface area contributed by atoms with E-state index in [9.17, 15) is 9.59 Å². The zero-order valence-corrected chi connectivity index (χ0v) is 12.0. The highest BCUT2D eigenvalue weighted by molar-refractivity contribution is 5.89. The number of benzene rings is 1. The minimum atomic E-state index is -0.254. The van der Waals surface area contributed by atoms with Gasteiger partial charge < -0.3 is 16.0 Å². The van der Waals surface area contributed by atoms with Crippen molar-refractivity contribution in [3.63, 3.8) is 0 Å². The molecule has 2 rings (SSSR count). The van der Waals surface area contributed by atoms with Crippen LogP contribution < -0.4 is 16.0 Å². The lowest BCUT2D eigenvalue weighted by atomic mass is 10.1. The number of hydrogen-bond acceptors (Lipinski definition) is 2. The Labute approximate surface area is 119 Å². The smallest absolute Gasteiger partial charge is 0.319 e. The maximum absolute atomic E-state index is 11.7. The second kappa shape index (κ2) is 6.41. The second-order valence-electron chi connectivity index (χ2n) is 5.32. The molecule has 1 saturated carbocycles. The van der Waals surface area contributed by atoms with Crippen LogP contribution in [0.3, 0.4) is 0 Å². The molecule has 0 radical (unpaired) electrons. The predicted molar refractivity (Wildman–Crippen MR) is 78.7 cm³/mol. The van der Waals surface area contributed by atoms with Crippen LogP contribution in [0.25, 0.3) is 0 Å². The quantitative estimate of drug-likeness (QED) is 0.719. The van der Waals surface area contributed by atoms with E-state index in [-0.39, 0.29) is 17.9 Å². The lowest BCUT2D eigenvalue weighted by molar-refractivity contribution is -0.122. The van der Waals surface area contributed by atoms with Gasteiger partial charge in [-0.3, -0.25) is 4.79 Å². The Balaban J connectivity index is 1.68. The van der Waals surface area contributed by atoms with E-state index in [1.165, 1.54) is 0 Å². The first-order valence-corrected chi connectivity index (χ1v) is 6.95. The summed E-state index contributed by atoms with van der Waals surface area (Å²) in [7, 11) is 0. The minimum absolute atomic E-state index is 0.0986. The maximum Gasteiger partial charge on any atom is 0.319 e. The van der Waals surface area contributed by atoms with Gasteiger partial charge in [-0.2, -0.15) is 0 Å². The van der Waals surface area contributed by atoms with Gasteiger partial charge in [-0.25, -0.2) is 4.79 Å². The first-order valence-electron chi connectivity index (χ1n) is 6.95. The molecule has 5 nitrogen and oxygen atoms in total. The van der Waals surface area contributed by atoms with E-state index < -0.39 is 0 Å². The number of carbonyl (C=O) groups excluding carboxylic acids is 2. The van der Waals surface area contributed by atoms with Crippen molar-refractivity contribution in [2.24, 2.45) is 5.92 Å². The number of rotatable bonds is 5. The molecule has 108 valence electrons. The third kappa shape index (κ3) is 4.57. The van der Waals surface area contributed by atoms with Gasteiger partial charge in [-0.05, 0) is 49.9 Å². The fourth-order valence-corrected chi connectivity index (χ4v) is 2.07. The van der Waals surface area contributed by atoms with Crippen LogP contribution in [-0.2, 0) is 4.79 Å². The van der Waals surface area contributed by atoms with Gasteiger partial charge in [-0.1, -0.05) is 6.07 Å². The molecule has 0 saturated heterocycles. The Morgan fingerprint density at radius 1 is 1.05 bits per heavy atom. The van der Waals surface area contributed by atoms with Gasteiger partial charge in [0.2, 0.25) is 5.91 Å². The molecule has 5 heteroatoms. The van der Waals surface area contributed by atoms with Gasteiger partial charge in [0, 0.05) is 24.7 Å². The Morgan fingerprint density at radius 2 is 1.65 bits per heavy atom. The van der Waals surface area contributed by atoms with E-state index in [1.807, 2.05) is 26.0 Å². The molecule has 1 aliphatic rings. The molecular weight excluding hydrogens is 254 g/mol. The summed E-state index contributed by atoms with van der Waals surface area (Å²) in [4.78, 5) is 23.1. The summed E-state index contributed by atoms with van der Waals surface area (Å²) in [6.45, 7) is 4.87. The molecule has 3 amide bonds. The highest BCUT2D eigenvalue weighted by atomic mass is 16.2. The number of nitrogens with one attached hydrogen (secondary N) is 3. The first kappa shape index (κ1) is 14.4. The van der Waals surface area contributed by atoms with Crippen molar-refractivity contribution in [2.45, 2.75) is 26.7 Å². The first-order chi connectivity index (χ1) is 9.54. The molecule has 0 aromatic heterocycles. The average molecular weight is 275 g/mol. The molecule has 1 aliphatic carbocycles. The lowest BCUT2D eigenvalue weighted by Gasteiger charge is -2.09. The summed E-state index contributed by atoms with van der Waals surface area (Å²) in [5.74, 6) is 0.306. The van der Waals surface area contributed by atoms with Gasteiger partial charge in [0.15, 0.2) is 0 Å². The van der Waals surface area contributed by atoms with Crippen LogP contribution in [0.2, 0.25) is 0 Å². The average Bonchev–Trinajstić information content (AvgIpc) is 3.17. The van der Waals surface area contributed by atoms with Crippen molar-refractivity contribution in [1.82, 2.24) is 10.6 Å². The van der Waals surface area contributed by atoms with Gasteiger partial charge >= 0.3 is 6.03 Å². The molecule has 20 heavy (non-hydrogen) atoms. The van der Waals surface area contributed by atoms with E-state index in [4.69, 9.17) is 0 Å². The Hall–Kier alpha value is -2.04. The number of anilines is 1. The molecule has 0 bridgehead atoms. The van der Waals surface area contributed by atoms with E-state index in [1.54, 1.807) is 0 Å². The molecule has 0 atom stereocenters. The van der Waals surface area contributed by atoms with Crippen molar-refractivity contribution in [3.8, 4) is 0 Å². The monoisotopic (exact) mass is 275 g/mol. The SMILES string of the molecule is Cc1cc(C)cc(NC(=O)NCCNC(=O)C2CC2)c1. The molecule has 0 unspecified atom stereocenters. The zero-order chi connectivity index (χ0) is 14.5. The van der Waals surface area contributed by atoms with Crippen LogP contribution >= 0.6 is 0 Å². The van der Waals surface area contributed by atoms with Crippen LogP contribution in [0.1, 0.15) is 24.0 Å². The van der Waals surface area contributed by atoms with Crippen molar-refractivity contribution in [2.75, 3.05) is 18.4 Å². The summed E-state index contributed by atoms with van der Waals surface area (Å²) in [5.41, 5.74) is 3.00. The minimum Gasteiger partial charge on any atom is -0.354 e. The van der Waals surface area contributed by atoms with E-state index >= 15 is 0 Å². The number of carbonyl (C=O) groups is 2. The molecule has 1 aromatic carbocycles. The topological polar surface area (TPSA) is 70.2 Å². The van der Waals surface area contributed by atoms with E-state index in [0.29, 0.717) is 13.1 Å². The van der Waals surface area contributed by atoms with Crippen molar-refractivity contribution in [3.05, 3.63) is 29.3 Å². The van der Waals surface area contributed by atoms with Crippen molar-refractivity contribution >= 4 is 17.6 Å². The summed E-state index contributed by atoms with van der Waals surface area (Å²) < 4.78 is 0. The van der Waals surface area contributed by atoms with Crippen molar-refractivity contribution < 1.29 is 9.59 Å². The number of aryl methyl sites for hydroxylation is 2. The summed E-state index contributed by atoms with van der Waals surface area (Å²) in [6.07, 6.45) is 1.99. The number of amides is 3. The fourth-order valence-electron chi connectivity index (χ4n) is 2.07. The van der Waals surface area contributed by atoms with Gasteiger partial charge in [0.25, 0.3) is 0 Å². The second-order valence-corrected chi connectivity index (χ2v) is 5.32. The van der Waals surface area contributed by atoms with Crippen LogP contribution in [0.15, 0.2) is 18.2 Å². The molecule has 1 fully saturated rings. The van der Waals surface area contributed by atoms with Crippen LogP contribution in [0, 0.1) is 19.8 Å². The third-order valence-electron chi connectivity index (χ3n) is 3.14. The lowest BCUT2D eigenvalue weighted by Crippen LogP contribution is -2.37. The fraction of sp³-hybridized carbons (Fsp3) is 0.467. The summed E-state index contributed by atoms with van der Waals surface area (Å²) in [6, 6.07) is 5.63. The molecular formula is C15H21N3O2. The molecule has 0 spiro atoms. The molecule has 0 heterocycles. The van der Waals surface area contributed by atoms with E-state index in [0.717, 1.165) is 29.7 Å². The number of urea groups is 1. The highest BCUT2D eigenvalue weighted by Crippen LogP contribution is 2.28. The van der Waals surface area contributed by atoms with Gasteiger partial charge in [0.1, 0.15) is 0 Å². The molecule has 0 aliphatic heterocycles. The van der Waals surface area contributed by atoms with Crippen molar-refractivity contribution in [1.29, 1.82) is 0 Å². The highest BCUT2D eigenvalue weighted by Gasteiger charge is 2.28.